The molecule has 0 aliphatic carbocycles. The molecule has 20 heavy (non-hydrogen) atoms. The highest BCUT2D eigenvalue weighted by Crippen LogP contribution is 2.20. The van der Waals surface area contributed by atoms with Gasteiger partial charge in [-0.05, 0) is 42.5 Å². The van der Waals surface area contributed by atoms with Crippen molar-refractivity contribution in [2.45, 2.75) is 20.3 Å². The summed E-state index contributed by atoms with van der Waals surface area (Å²) in [6.07, 6.45) is 0.463. The lowest BCUT2D eigenvalue weighted by Crippen LogP contribution is -2.23. The fourth-order valence-corrected chi connectivity index (χ4v) is 2.69. The minimum absolute atomic E-state index is 0.241. The molecule has 4 heteroatoms. The van der Waals surface area contributed by atoms with Gasteiger partial charge < -0.3 is 5.32 Å². The van der Waals surface area contributed by atoms with Gasteiger partial charge in [0.1, 0.15) is 5.92 Å². The van der Waals surface area contributed by atoms with Crippen molar-refractivity contribution >= 4 is 22.9 Å². The van der Waals surface area contributed by atoms with Crippen LogP contribution in [0, 0.1) is 31.1 Å². The number of nitrogens with one attached hydrogen (secondary N) is 1. The molecule has 0 saturated heterocycles. The van der Waals surface area contributed by atoms with Crippen LogP contribution in [0.5, 0.6) is 0 Å². The first-order chi connectivity index (χ1) is 9.61. The molecule has 1 amide bonds. The van der Waals surface area contributed by atoms with E-state index in [1.807, 2.05) is 49.6 Å². The fraction of sp³-hybridized carbons (Fsp3) is 0.250. The van der Waals surface area contributed by atoms with Crippen LogP contribution >= 0.6 is 11.3 Å². The van der Waals surface area contributed by atoms with Crippen molar-refractivity contribution in [3.8, 4) is 6.07 Å². The number of hydrogen-bond acceptors (Lipinski definition) is 3. The molecular weight excluding hydrogens is 268 g/mol. The predicted molar refractivity (Wildman–Crippen MR) is 81.7 cm³/mol. The summed E-state index contributed by atoms with van der Waals surface area (Å²) < 4.78 is 0. The molecule has 102 valence electrons. The van der Waals surface area contributed by atoms with E-state index < -0.39 is 5.92 Å². The van der Waals surface area contributed by atoms with Crippen molar-refractivity contribution in [2.75, 3.05) is 5.32 Å². The van der Waals surface area contributed by atoms with Crippen LogP contribution in [0.3, 0.4) is 0 Å². The zero-order chi connectivity index (χ0) is 14.5. The summed E-state index contributed by atoms with van der Waals surface area (Å²) in [6, 6.07) is 11.7. The number of amides is 1. The van der Waals surface area contributed by atoms with E-state index in [2.05, 4.69) is 11.4 Å². The molecule has 2 rings (SSSR count). The molecular formula is C16H16N2OS. The van der Waals surface area contributed by atoms with E-state index in [-0.39, 0.29) is 5.91 Å². The molecule has 0 aliphatic rings. The van der Waals surface area contributed by atoms with Gasteiger partial charge in [0, 0.05) is 17.0 Å². The normalized spacial score (nSPS) is 11.7. The lowest BCUT2D eigenvalue weighted by Gasteiger charge is -2.12. The van der Waals surface area contributed by atoms with Crippen LogP contribution in [0.2, 0.25) is 0 Å². The molecule has 0 fully saturated rings. The highest BCUT2D eigenvalue weighted by Gasteiger charge is 2.19. The van der Waals surface area contributed by atoms with E-state index in [4.69, 9.17) is 0 Å². The number of aryl methyl sites for hydroxylation is 1. The molecule has 1 aromatic heterocycles. The minimum atomic E-state index is -0.659. The molecule has 3 nitrogen and oxygen atoms in total. The first-order valence-corrected chi connectivity index (χ1v) is 7.29. The number of anilines is 1. The molecule has 1 N–H and O–H groups in total. The van der Waals surface area contributed by atoms with E-state index in [9.17, 15) is 10.1 Å². The van der Waals surface area contributed by atoms with Gasteiger partial charge in [-0.3, -0.25) is 4.79 Å². The van der Waals surface area contributed by atoms with Gasteiger partial charge in [0.2, 0.25) is 5.91 Å². The smallest absolute Gasteiger partial charge is 0.242 e. The van der Waals surface area contributed by atoms with Crippen molar-refractivity contribution in [3.05, 3.63) is 51.7 Å². The van der Waals surface area contributed by atoms with Gasteiger partial charge in [-0.1, -0.05) is 18.2 Å². The highest BCUT2D eigenvalue weighted by atomic mass is 32.1. The zero-order valence-electron chi connectivity index (χ0n) is 11.5. The SMILES string of the molecule is Cc1cccc(NC(=O)[C@@H](C#N)Cc2cccs2)c1C. The standard InChI is InChI=1S/C16H16N2OS/c1-11-5-3-7-15(12(11)2)18-16(19)13(10-17)9-14-6-4-8-20-14/h3-8,13H,9H2,1-2H3,(H,18,19)/t13-/m1/s1. The maximum absolute atomic E-state index is 12.2. The van der Waals surface area contributed by atoms with Crippen molar-refractivity contribution < 1.29 is 4.79 Å². The molecule has 0 spiro atoms. The van der Waals surface area contributed by atoms with Gasteiger partial charge in [0.15, 0.2) is 0 Å². The largest absolute Gasteiger partial charge is 0.325 e. The summed E-state index contributed by atoms with van der Waals surface area (Å²) in [6.45, 7) is 3.96. The Hall–Kier alpha value is -2.12. The molecule has 1 heterocycles. The summed E-state index contributed by atoms with van der Waals surface area (Å²) in [4.78, 5) is 13.3. The van der Waals surface area contributed by atoms with Crippen LogP contribution in [-0.2, 0) is 11.2 Å². The minimum Gasteiger partial charge on any atom is -0.325 e. The molecule has 2 aromatic rings. The average Bonchev–Trinajstić information content (AvgIpc) is 2.94. The number of nitriles is 1. The highest BCUT2D eigenvalue weighted by molar-refractivity contribution is 7.09. The number of carbonyl (C=O) groups is 1. The second-order valence-electron chi connectivity index (χ2n) is 4.70. The third-order valence-corrected chi connectivity index (χ3v) is 4.22. The van der Waals surface area contributed by atoms with E-state index in [0.717, 1.165) is 21.7 Å². The first-order valence-electron chi connectivity index (χ1n) is 6.41. The lowest BCUT2D eigenvalue weighted by molar-refractivity contribution is -0.118. The number of carbonyl (C=O) groups excluding carboxylic acids is 1. The van der Waals surface area contributed by atoms with Crippen molar-refractivity contribution in [3.63, 3.8) is 0 Å². The Morgan fingerprint density at radius 2 is 2.15 bits per heavy atom. The van der Waals surface area contributed by atoms with Gasteiger partial charge in [-0.2, -0.15) is 5.26 Å². The Balaban J connectivity index is 2.10. The molecule has 1 atom stereocenters. The monoisotopic (exact) mass is 284 g/mol. The summed E-state index contributed by atoms with van der Waals surface area (Å²) in [5, 5.41) is 14.0. The summed E-state index contributed by atoms with van der Waals surface area (Å²) in [5.74, 6) is -0.900. The number of rotatable bonds is 4. The number of hydrogen-bond donors (Lipinski definition) is 1. The second-order valence-corrected chi connectivity index (χ2v) is 5.73. The van der Waals surface area contributed by atoms with Crippen molar-refractivity contribution in [2.24, 2.45) is 5.92 Å². The lowest BCUT2D eigenvalue weighted by atomic mass is 10.0. The molecule has 0 bridgehead atoms. The van der Waals surface area contributed by atoms with Crippen molar-refractivity contribution in [1.82, 2.24) is 0 Å². The van der Waals surface area contributed by atoms with E-state index in [1.54, 1.807) is 11.3 Å². The third kappa shape index (κ3) is 3.25. The van der Waals surface area contributed by atoms with Gasteiger partial charge >= 0.3 is 0 Å². The van der Waals surface area contributed by atoms with Gasteiger partial charge in [0.25, 0.3) is 0 Å². The first kappa shape index (κ1) is 14.3. The maximum atomic E-state index is 12.2. The Kier molecular flexibility index (Phi) is 4.54. The van der Waals surface area contributed by atoms with Crippen LogP contribution in [0.1, 0.15) is 16.0 Å². The summed E-state index contributed by atoms with van der Waals surface area (Å²) in [5.41, 5.74) is 2.93. The van der Waals surface area contributed by atoms with Gasteiger partial charge in [-0.25, -0.2) is 0 Å². The Labute approximate surface area is 122 Å². The Morgan fingerprint density at radius 1 is 1.35 bits per heavy atom. The van der Waals surface area contributed by atoms with Crippen LogP contribution in [0.15, 0.2) is 35.7 Å². The van der Waals surface area contributed by atoms with Crippen LogP contribution in [0.4, 0.5) is 5.69 Å². The zero-order valence-corrected chi connectivity index (χ0v) is 12.3. The average molecular weight is 284 g/mol. The Morgan fingerprint density at radius 3 is 2.80 bits per heavy atom. The molecule has 0 aliphatic heterocycles. The number of benzene rings is 1. The van der Waals surface area contributed by atoms with Crippen LogP contribution in [0.25, 0.3) is 0 Å². The van der Waals surface area contributed by atoms with Crippen LogP contribution in [-0.4, -0.2) is 5.91 Å². The number of nitrogens with zero attached hydrogens (tertiary/aromatic N) is 1. The summed E-state index contributed by atoms with van der Waals surface area (Å²) in [7, 11) is 0. The second kappa shape index (κ2) is 6.36. The van der Waals surface area contributed by atoms with E-state index in [0.29, 0.717) is 6.42 Å². The quantitative estimate of drug-likeness (QED) is 0.931. The molecule has 0 saturated carbocycles. The molecule has 0 unspecified atom stereocenters. The predicted octanol–water partition coefficient (Wildman–Crippen LogP) is 3.69. The van der Waals surface area contributed by atoms with E-state index >= 15 is 0 Å². The molecule has 1 aromatic carbocycles. The van der Waals surface area contributed by atoms with Gasteiger partial charge in [-0.15, -0.1) is 11.3 Å². The van der Waals surface area contributed by atoms with E-state index in [1.165, 1.54) is 0 Å². The topological polar surface area (TPSA) is 52.9 Å². The number of thiophene rings is 1. The van der Waals surface area contributed by atoms with Gasteiger partial charge in [0.05, 0.1) is 6.07 Å². The summed E-state index contributed by atoms with van der Waals surface area (Å²) >= 11 is 1.56. The maximum Gasteiger partial charge on any atom is 0.242 e. The van der Waals surface area contributed by atoms with Crippen LogP contribution < -0.4 is 5.32 Å². The fourth-order valence-electron chi connectivity index (χ4n) is 1.93. The Bertz CT molecular complexity index is 641. The third-order valence-electron chi connectivity index (χ3n) is 3.32. The van der Waals surface area contributed by atoms with Crippen molar-refractivity contribution in [1.29, 1.82) is 5.26 Å². The molecule has 0 radical (unpaired) electrons.